The minimum Gasteiger partial charge on any atom is -0.336 e. The molecule has 1 rings (SSSR count). The number of hydrogen-bond donors (Lipinski definition) is 0. The Morgan fingerprint density at radius 3 is 2.67 bits per heavy atom. The van der Waals surface area contributed by atoms with Gasteiger partial charge in [-0.1, -0.05) is 17.7 Å². The number of amides is 1. The Morgan fingerprint density at radius 1 is 1.56 bits per heavy atom. The number of para-hydroxylation sites is 1. The fourth-order valence-electron chi connectivity index (χ4n) is 1.37. The summed E-state index contributed by atoms with van der Waals surface area (Å²) < 4.78 is 24.3. The quantitative estimate of drug-likeness (QED) is 0.628. The Labute approximate surface area is 106 Å². The first-order valence-corrected chi connectivity index (χ1v) is 5.19. The van der Waals surface area contributed by atoms with Crippen LogP contribution < -0.4 is 0 Å². The van der Waals surface area contributed by atoms with Gasteiger partial charge in [-0.2, -0.15) is 0 Å². The Bertz CT molecular complexity index is 482. The molecule has 1 aromatic carbocycles. The van der Waals surface area contributed by atoms with Crippen LogP contribution in [0.2, 0.25) is 5.02 Å². The molecule has 0 saturated carbocycles. The third kappa shape index (κ3) is 3.13. The molecule has 1 aromatic rings. The van der Waals surface area contributed by atoms with E-state index in [2.05, 4.69) is 0 Å². The van der Waals surface area contributed by atoms with Crippen molar-refractivity contribution in [3.8, 4) is 0 Å². The summed E-state index contributed by atoms with van der Waals surface area (Å²) in [6.45, 7) is -0.803. The Morgan fingerprint density at radius 2 is 2.17 bits per heavy atom. The lowest BCUT2D eigenvalue weighted by Crippen LogP contribution is -2.31. The summed E-state index contributed by atoms with van der Waals surface area (Å²) in [7, 11) is 1.14. The standard InChI is InChI=1S/C10H9ClF2N2O3/c1-14(5-8(12)13)10(16)6-3-2-4-7(11)9(6)15(17)18/h2-4,8H,5H2,1H3. The highest BCUT2D eigenvalue weighted by Gasteiger charge is 2.26. The summed E-state index contributed by atoms with van der Waals surface area (Å²) in [5.74, 6) is -0.871. The molecule has 0 heterocycles. The smallest absolute Gasteiger partial charge is 0.300 e. The molecule has 0 aliphatic rings. The fraction of sp³-hybridized carbons (Fsp3) is 0.300. The largest absolute Gasteiger partial charge is 0.336 e. The molecule has 0 radical (unpaired) electrons. The van der Waals surface area contributed by atoms with Crippen LogP contribution in [0.4, 0.5) is 14.5 Å². The van der Waals surface area contributed by atoms with Gasteiger partial charge in [-0.05, 0) is 12.1 Å². The molecule has 0 unspecified atom stereocenters. The number of carbonyl (C=O) groups is 1. The molecule has 0 N–H and O–H groups in total. The third-order valence-corrected chi connectivity index (χ3v) is 2.46. The average Bonchev–Trinajstić information content (AvgIpc) is 2.26. The van der Waals surface area contributed by atoms with E-state index in [0.717, 1.165) is 7.05 Å². The van der Waals surface area contributed by atoms with Crippen LogP contribution in [-0.4, -0.2) is 35.7 Å². The monoisotopic (exact) mass is 278 g/mol. The molecule has 0 aromatic heterocycles. The predicted molar refractivity (Wildman–Crippen MR) is 61.1 cm³/mol. The highest BCUT2D eigenvalue weighted by atomic mass is 35.5. The number of nitro groups is 1. The Balaban J connectivity index is 3.13. The second-order valence-electron chi connectivity index (χ2n) is 3.47. The SMILES string of the molecule is CN(CC(F)F)C(=O)c1cccc(Cl)c1[N+](=O)[O-]. The first kappa shape index (κ1) is 14.3. The molecular weight excluding hydrogens is 270 g/mol. The summed E-state index contributed by atoms with van der Waals surface area (Å²) in [4.78, 5) is 22.5. The van der Waals surface area contributed by atoms with Crippen molar-refractivity contribution in [3.05, 3.63) is 38.9 Å². The molecule has 0 fully saturated rings. The minimum atomic E-state index is -2.71. The number of carbonyl (C=O) groups excluding carboxylic acids is 1. The lowest BCUT2D eigenvalue weighted by Gasteiger charge is -2.16. The van der Waals surface area contributed by atoms with Gasteiger partial charge in [0.05, 0.1) is 11.5 Å². The molecular formula is C10H9ClF2N2O3. The van der Waals surface area contributed by atoms with E-state index >= 15 is 0 Å². The van der Waals surface area contributed by atoms with E-state index in [-0.39, 0.29) is 10.6 Å². The molecule has 0 spiro atoms. The maximum atomic E-state index is 12.1. The normalized spacial score (nSPS) is 10.5. The van der Waals surface area contributed by atoms with Crippen molar-refractivity contribution in [2.45, 2.75) is 6.43 Å². The zero-order valence-corrected chi connectivity index (χ0v) is 10.0. The van der Waals surface area contributed by atoms with Gasteiger partial charge in [-0.3, -0.25) is 14.9 Å². The van der Waals surface area contributed by atoms with Crippen molar-refractivity contribution < 1.29 is 18.5 Å². The van der Waals surface area contributed by atoms with Crippen molar-refractivity contribution in [1.82, 2.24) is 4.90 Å². The average molecular weight is 279 g/mol. The van der Waals surface area contributed by atoms with Crippen LogP contribution in [0.1, 0.15) is 10.4 Å². The van der Waals surface area contributed by atoms with E-state index in [1.807, 2.05) is 0 Å². The van der Waals surface area contributed by atoms with E-state index in [1.165, 1.54) is 18.2 Å². The van der Waals surface area contributed by atoms with Crippen LogP contribution in [0, 0.1) is 10.1 Å². The van der Waals surface area contributed by atoms with Crippen LogP contribution >= 0.6 is 11.6 Å². The first-order chi connectivity index (χ1) is 8.34. The van der Waals surface area contributed by atoms with E-state index < -0.39 is 29.5 Å². The molecule has 0 atom stereocenters. The highest BCUT2D eigenvalue weighted by Crippen LogP contribution is 2.28. The lowest BCUT2D eigenvalue weighted by atomic mass is 10.1. The van der Waals surface area contributed by atoms with Crippen molar-refractivity contribution in [3.63, 3.8) is 0 Å². The van der Waals surface area contributed by atoms with E-state index in [1.54, 1.807) is 0 Å². The molecule has 0 bridgehead atoms. The highest BCUT2D eigenvalue weighted by molar-refractivity contribution is 6.33. The summed E-state index contributed by atoms with van der Waals surface area (Å²) in [6, 6.07) is 3.77. The van der Waals surface area contributed by atoms with Gasteiger partial charge >= 0.3 is 5.69 Å². The summed E-state index contributed by atoms with van der Waals surface area (Å²) in [5, 5.41) is 10.6. The van der Waals surface area contributed by atoms with Gasteiger partial charge in [0.1, 0.15) is 10.6 Å². The number of alkyl halides is 2. The van der Waals surface area contributed by atoms with Gasteiger partial charge in [-0.25, -0.2) is 8.78 Å². The van der Waals surface area contributed by atoms with Crippen molar-refractivity contribution >= 4 is 23.2 Å². The van der Waals surface area contributed by atoms with Gasteiger partial charge in [0, 0.05) is 7.05 Å². The van der Waals surface area contributed by atoms with Gasteiger partial charge < -0.3 is 4.90 Å². The number of halogens is 3. The summed E-state index contributed by atoms with van der Waals surface area (Å²) in [5.41, 5.74) is -0.888. The maximum absolute atomic E-state index is 12.1. The molecule has 5 nitrogen and oxygen atoms in total. The van der Waals surface area contributed by atoms with Crippen LogP contribution in [0.3, 0.4) is 0 Å². The lowest BCUT2D eigenvalue weighted by molar-refractivity contribution is -0.385. The fourth-order valence-corrected chi connectivity index (χ4v) is 1.61. The molecule has 0 aliphatic heterocycles. The Hall–Kier alpha value is -1.76. The molecule has 8 heteroatoms. The second kappa shape index (κ2) is 5.72. The maximum Gasteiger partial charge on any atom is 0.300 e. The molecule has 0 aliphatic carbocycles. The number of nitro benzene ring substituents is 1. The van der Waals surface area contributed by atoms with Gasteiger partial charge in [-0.15, -0.1) is 0 Å². The van der Waals surface area contributed by atoms with Crippen molar-refractivity contribution in [1.29, 1.82) is 0 Å². The van der Waals surface area contributed by atoms with Gasteiger partial charge in [0.2, 0.25) is 0 Å². The molecule has 0 saturated heterocycles. The summed E-state index contributed by atoms with van der Waals surface area (Å²) in [6.07, 6.45) is -2.71. The zero-order valence-electron chi connectivity index (χ0n) is 9.27. The number of hydrogen-bond acceptors (Lipinski definition) is 3. The van der Waals surface area contributed by atoms with Crippen LogP contribution in [0.25, 0.3) is 0 Å². The third-order valence-electron chi connectivity index (χ3n) is 2.16. The number of rotatable bonds is 4. The van der Waals surface area contributed by atoms with E-state index in [0.29, 0.717) is 4.90 Å². The van der Waals surface area contributed by atoms with Gasteiger partial charge in [0.25, 0.3) is 12.3 Å². The topological polar surface area (TPSA) is 63.5 Å². The first-order valence-electron chi connectivity index (χ1n) is 4.81. The van der Waals surface area contributed by atoms with Crippen LogP contribution in [0.5, 0.6) is 0 Å². The van der Waals surface area contributed by atoms with E-state index in [4.69, 9.17) is 11.6 Å². The van der Waals surface area contributed by atoms with Crippen LogP contribution in [-0.2, 0) is 0 Å². The number of nitrogens with zero attached hydrogens (tertiary/aromatic N) is 2. The predicted octanol–water partition coefficient (Wildman–Crippen LogP) is 2.59. The zero-order chi connectivity index (χ0) is 13.9. The van der Waals surface area contributed by atoms with Crippen LogP contribution in [0.15, 0.2) is 18.2 Å². The molecule has 98 valence electrons. The van der Waals surface area contributed by atoms with Crippen molar-refractivity contribution in [2.24, 2.45) is 0 Å². The molecule has 1 amide bonds. The Kier molecular flexibility index (Phi) is 4.55. The minimum absolute atomic E-state index is 0.212. The van der Waals surface area contributed by atoms with Crippen molar-refractivity contribution in [2.75, 3.05) is 13.6 Å². The van der Waals surface area contributed by atoms with E-state index in [9.17, 15) is 23.7 Å². The molecule has 18 heavy (non-hydrogen) atoms. The summed E-state index contributed by atoms with van der Waals surface area (Å²) >= 11 is 5.62. The van der Waals surface area contributed by atoms with Gasteiger partial charge in [0.15, 0.2) is 0 Å². The second-order valence-corrected chi connectivity index (χ2v) is 3.88. The number of benzene rings is 1.